The third-order valence-corrected chi connectivity index (χ3v) is 2.67. The number of hydrogen-bond donors (Lipinski definition) is 1. The Morgan fingerprint density at radius 3 is 2.83 bits per heavy atom. The van der Waals surface area contributed by atoms with Crippen molar-refractivity contribution in [1.82, 2.24) is 20.2 Å². The van der Waals surface area contributed by atoms with Crippen molar-refractivity contribution in [2.45, 2.75) is 13.5 Å². The van der Waals surface area contributed by atoms with Crippen LogP contribution in [0.25, 0.3) is 6.08 Å². The van der Waals surface area contributed by atoms with Crippen LogP contribution >= 0.6 is 0 Å². The lowest BCUT2D eigenvalue weighted by atomic mass is 10.2. The van der Waals surface area contributed by atoms with E-state index in [4.69, 9.17) is 0 Å². The van der Waals surface area contributed by atoms with Crippen LogP contribution < -0.4 is 5.43 Å². The van der Waals surface area contributed by atoms with Crippen molar-refractivity contribution in [2.24, 2.45) is 5.10 Å². The van der Waals surface area contributed by atoms with Gasteiger partial charge in [-0.25, -0.2) is 5.43 Å². The van der Waals surface area contributed by atoms with Crippen molar-refractivity contribution in [1.29, 1.82) is 0 Å². The largest absolute Gasteiger partial charge is 0.490 e. The molecule has 0 fully saturated rings. The number of carbonyl (C=O) groups excluding carboxylic acids is 1. The molecule has 9 nitrogen and oxygen atoms in total. The molecule has 2 rings (SSSR count). The number of allylic oxidation sites excluding steroid dienone is 1. The van der Waals surface area contributed by atoms with Gasteiger partial charge in [0.25, 0.3) is 5.91 Å². The Hall–Kier alpha value is -3.36. The highest BCUT2D eigenvalue weighted by Gasteiger charge is 2.14. The first-order valence-corrected chi connectivity index (χ1v) is 6.64. The summed E-state index contributed by atoms with van der Waals surface area (Å²) >= 11 is 0. The summed E-state index contributed by atoms with van der Waals surface area (Å²) < 4.78 is 1.07. The molecule has 1 amide bonds. The fraction of sp³-hybridized carbons (Fsp3) is 0.143. The average molecular weight is 314 g/mol. The van der Waals surface area contributed by atoms with E-state index >= 15 is 0 Å². The van der Waals surface area contributed by atoms with Crippen LogP contribution in [0.3, 0.4) is 0 Å². The van der Waals surface area contributed by atoms with Crippen molar-refractivity contribution in [2.75, 3.05) is 0 Å². The maximum Gasteiger partial charge on any atom is 0.490 e. The van der Waals surface area contributed by atoms with Crippen molar-refractivity contribution in [3.05, 3.63) is 58.4 Å². The predicted octanol–water partition coefficient (Wildman–Crippen LogP) is 1.39. The molecule has 0 radical (unpaired) electrons. The zero-order valence-corrected chi connectivity index (χ0v) is 12.3. The van der Waals surface area contributed by atoms with Gasteiger partial charge in [-0.05, 0) is 23.5 Å². The smallest absolute Gasteiger partial charge is 0.390 e. The van der Waals surface area contributed by atoms with Gasteiger partial charge in [-0.1, -0.05) is 41.4 Å². The van der Waals surface area contributed by atoms with E-state index in [9.17, 15) is 14.9 Å². The summed E-state index contributed by atoms with van der Waals surface area (Å²) in [5, 5.41) is 17.9. The van der Waals surface area contributed by atoms with E-state index in [1.54, 1.807) is 13.0 Å². The Bertz CT molecular complexity index is 751. The molecule has 1 aromatic carbocycles. The fourth-order valence-corrected chi connectivity index (χ4v) is 1.60. The van der Waals surface area contributed by atoms with Gasteiger partial charge in [0.05, 0.1) is 5.71 Å². The molecular weight excluding hydrogens is 300 g/mol. The minimum absolute atomic E-state index is 0.208. The number of rotatable bonds is 6. The highest BCUT2D eigenvalue weighted by Crippen LogP contribution is 2.01. The number of hydrazone groups is 1. The number of carbonyl (C=O) groups is 1. The first-order chi connectivity index (χ1) is 11.0. The quantitative estimate of drug-likeness (QED) is 0.491. The van der Waals surface area contributed by atoms with Crippen molar-refractivity contribution in [3.8, 4) is 0 Å². The summed E-state index contributed by atoms with van der Waals surface area (Å²) in [6.07, 6.45) is 4.74. The number of benzene rings is 1. The maximum absolute atomic E-state index is 11.7. The highest BCUT2D eigenvalue weighted by atomic mass is 16.6. The minimum Gasteiger partial charge on any atom is -0.390 e. The molecule has 0 saturated carbocycles. The molecule has 0 aliphatic carbocycles. The summed E-state index contributed by atoms with van der Waals surface area (Å²) in [5.74, 6) is -1.01. The van der Waals surface area contributed by atoms with Crippen LogP contribution in [0.5, 0.6) is 0 Å². The monoisotopic (exact) mass is 314 g/mol. The Labute approximate surface area is 131 Å². The number of nitro groups is 1. The molecule has 0 spiro atoms. The van der Waals surface area contributed by atoms with Gasteiger partial charge in [-0.3, -0.25) is 4.79 Å². The van der Waals surface area contributed by atoms with E-state index in [2.05, 4.69) is 20.6 Å². The molecule has 1 heterocycles. The van der Waals surface area contributed by atoms with Crippen LogP contribution in [0.4, 0.5) is 5.95 Å². The van der Waals surface area contributed by atoms with Crippen molar-refractivity contribution in [3.63, 3.8) is 0 Å². The van der Waals surface area contributed by atoms with Crippen LogP contribution in [-0.2, 0) is 11.3 Å². The standard InChI is InChI=1S/C14H14N6O3/c1-11(7-8-12-5-3-2-4-6-12)16-17-13(21)9-19-10-15-14(18-19)20(22)23/h2-8,10H,9H2,1H3,(H,17,21)/b8-7+,16-11+. The summed E-state index contributed by atoms with van der Waals surface area (Å²) in [7, 11) is 0. The van der Waals surface area contributed by atoms with Gasteiger partial charge in [-0.2, -0.15) is 9.78 Å². The van der Waals surface area contributed by atoms with Gasteiger partial charge in [0.15, 0.2) is 0 Å². The van der Waals surface area contributed by atoms with Crippen LogP contribution in [0.15, 0.2) is 47.8 Å². The normalized spacial score (nSPS) is 11.6. The predicted molar refractivity (Wildman–Crippen MR) is 83.4 cm³/mol. The molecule has 0 unspecified atom stereocenters. The third-order valence-electron chi connectivity index (χ3n) is 2.67. The number of nitrogens with zero attached hydrogens (tertiary/aromatic N) is 5. The second-order valence-electron chi connectivity index (χ2n) is 4.53. The van der Waals surface area contributed by atoms with E-state index in [0.29, 0.717) is 5.71 Å². The van der Waals surface area contributed by atoms with Gasteiger partial charge >= 0.3 is 5.95 Å². The number of aromatic nitrogens is 3. The van der Waals surface area contributed by atoms with Gasteiger partial charge in [0, 0.05) is 5.10 Å². The molecule has 1 N–H and O–H groups in total. The molecular formula is C14H14N6O3. The molecule has 0 atom stereocenters. The molecule has 0 aliphatic rings. The molecule has 23 heavy (non-hydrogen) atoms. The Kier molecular flexibility index (Phi) is 5.29. The van der Waals surface area contributed by atoms with E-state index in [0.717, 1.165) is 16.6 Å². The van der Waals surface area contributed by atoms with Gasteiger partial charge in [0.2, 0.25) is 6.33 Å². The van der Waals surface area contributed by atoms with E-state index in [-0.39, 0.29) is 6.54 Å². The maximum atomic E-state index is 11.7. The summed E-state index contributed by atoms with van der Waals surface area (Å²) in [5.41, 5.74) is 3.97. The number of amides is 1. The van der Waals surface area contributed by atoms with E-state index < -0.39 is 16.8 Å². The molecule has 0 saturated heterocycles. The van der Waals surface area contributed by atoms with Crippen LogP contribution in [0.2, 0.25) is 0 Å². The van der Waals surface area contributed by atoms with Gasteiger partial charge < -0.3 is 10.1 Å². The molecule has 9 heteroatoms. The fourth-order valence-electron chi connectivity index (χ4n) is 1.60. The lowest BCUT2D eigenvalue weighted by Gasteiger charge is -1.98. The topological polar surface area (TPSA) is 115 Å². The SMILES string of the molecule is CC(/C=C/c1ccccc1)=N\NC(=O)Cn1cnc([N+](=O)[O-])n1. The lowest BCUT2D eigenvalue weighted by molar-refractivity contribution is -0.394. The van der Waals surface area contributed by atoms with Gasteiger partial charge in [0.1, 0.15) is 6.54 Å². The molecule has 2 aromatic rings. The zero-order valence-electron chi connectivity index (χ0n) is 12.3. The zero-order chi connectivity index (χ0) is 16.7. The Morgan fingerprint density at radius 2 is 2.17 bits per heavy atom. The molecule has 0 bridgehead atoms. The van der Waals surface area contributed by atoms with Crippen LogP contribution in [0, 0.1) is 10.1 Å². The summed E-state index contributed by atoms with van der Waals surface area (Å²) in [6, 6.07) is 9.66. The molecule has 118 valence electrons. The minimum atomic E-state index is -0.731. The number of hydrogen-bond acceptors (Lipinski definition) is 6. The first kappa shape index (κ1) is 16.0. The first-order valence-electron chi connectivity index (χ1n) is 6.64. The second-order valence-corrected chi connectivity index (χ2v) is 4.53. The molecule has 1 aromatic heterocycles. The van der Waals surface area contributed by atoms with E-state index in [1.807, 2.05) is 36.4 Å². The second kappa shape index (κ2) is 7.59. The molecule has 0 aliphatic heterocycles. The Morgan fingerprint density at radius 1 is 1.43 bits per heavy atom. The summed E-state index contributed by atoms with van der Waals surface area (Å²) in [6.45, 7) is 1.53. The third kappa shape index (κ3) is 5.16. The van der Waals surface area contributed by atoms with E-state index in [1.165, 1.54) is 0 Å². The van der Waals surface area contributed by atoms with Crippen molar-refractivity contribution >= 4 is 23.6 Å². The van der Waals surface area contributed by atoms with Crippen molar-refractivity contribution < 1.29 is 9.72 Å². The number of nitrogens with one attached hydrogen (secondary N) is 1. The average Bonchev–Trinajstić information content (AvgIpc) is 3.00. The lowest BCUT2D eigenvalue weighted by Crippen LogP contribution is -2.24. The highest BCUT2D eigenvalue weighted by molar-refractivity contribution is 5.96. The summed E-state index contributed by atoms with van der Waals surface area (Å²) in [4.78, 5) is 24.8. The Balaban J connectivity index is 1.87. The van der Waals surface area contributed by atoms with Crippen LogP contribution in [0.1, 0.15) is 12.5 Å². The van der Waals surface area contributed by atoms with Gasteiger partial charge in [-0.15, -0.1) is 0 Å². The van der Waals surface area contributed by atoms with Crippen LogP contribution in [-0.4, -0.2) is 31.3 Å².